The Morgan fingerprint density at radius 2 is 1.90 bits per heavy atom. The minimum atomic E-state index is -0.509. The van der Waals surface area contributed by atoms with E-state index in [0.717, 1.165) is 35.4 Å². The van der Waals surface area contributed by atoms with Gasteiger partial charge in [-0.25, -0.2) is 0 Å². The van der Waals surface area contributed by atoms with E-state index in [1.165, 1.54) is 18.2 Å². The Balaban J connectivity index is 1.85. The first-order chi connectivity index (χ1) is 14.9. The van der Waals surface area contributed by atoms with Crippen molar-refractivity contribution in [3.8, 4) is 5.75 Å². The summed E-state index contributed by atoms with van der Waals surface area (Å²) < 4.78 is 5.50. The summed E-state index contributed by atoms with van der Waals surface area (Å²) in [5, 5.41) is 10.6. The van der Waals surface area contributed by atoms with Crippen LogP contribution < -0.4 is 9.64 Å². The van der Waals surface area contributed by atoms with Crippen molar-refractivity contribution in [3.05, 3.63) is 68.6 Å². The van der Waals surface area contributed by atoms with Crippen molar-refractivity contribution in [2.75, 3.05) is 25.1 Å². The van der Waals surface area contributed by atoms with Gasteiger partial charge in [0.05, 0.1) is 23.5 Å². The summed E-state index contributed by atoms with van der Waals surface area (Å²) >= 11 is 0.844. The van der Waals surface area contributed by atoms with E-state index in [2.05, 4.69) is 18.7 Å². The lowest BCUT2D eigenvalue weighted by atomic mass is 10.1. The molecule has 0 saturated carbocycles. The maximum absolute atomic E-state index is 12.8. The summed E-state index contributed by atoms with van der Waals surface area (Å²) in [6.07, 6.45) is 1.64. The molecular weight excluding hydrogens is 418 g/mol. The molecule has 3 rings (SSSR count). The summed E-state index contributed by atoms with van der Waals surface area (Å²) in [4.78, 5) is 39.3. The molecule has 1 aliphatic rings. The zero-order chi connectivity index (χ0) is 22.5. The Hall–Kier alpha value is -3.33. The van der Waals surface area contributed by atoms with E-state index in [4.69, 9.17) is 4.74 Å². The molecule has 8 nitrogen and oxygen atoms in total. The zero-order valence-corrected chi connectivity index (χ0v) is 18.3. The van der Waals surface area contributed by atoms with E-state index in [-0.39, 0.29) is 17.1 Å². The molecule has 0 aliphatic carbocycles. The van der Waals surface area contributed by atoms with Crippen molar-refractivity contribution in [2.45, 2.75) is 20.4 Å². The fourth-order valence-corrected chi connectivity index (χ4v) is 4.16. The van der Waals surface area contributed by atoms with Gasteiger partial charge in [-0.2, -0.15) is 0 Å². The molecule has 2 amide bonds. The number of thioether (sulfide) groups is 1. The second-order valence-electron chi connectivity index (χ2n) is 6.79. The number of non-ortho nitro benzene ring substituents is 1. The van der Waals surface area contributed by atoms with Crippen LogP contribution in [0, 0.1) is 10.1 Å². The predicted octanol–water partition coefficient (Wildman–Crippen LogP) is 4.69. The number of nitro groups is 1. The molecule has 1 heterocycles. The van der Waals surface area contributed by atoms with E-state index in [9.17, 15) is 19.7 Å². The lowest BCUT2D eigenvalue weighted by Crippen LogP contribution is -2.27. The average molecular weight is 442 g/mol. The third kappa shape index (κ3) is 4.88. The van der Waals surface area contributed by atoms with Gasteiger partial charge < -0.3 is 9.64 Å². The number of hydrogen-bond acceptors (Lipinski definition) is 7. The van der Waals surface area contributed by atoms with Crippen LogP contribution in [-0.2, 0) is 11.3 Å². The number of ether oxygens (including phenoxy) is 1. The summed E-state index contributed by atoms with van der Waals surface area (Å²) in [5.41, 5.74) is 2.13. The van der Waals surface area contributed by atoms with E-state index in [1.807, 2.05) is 18.2 Å². The Bertz CT molecular complexity index is 1050. The van der Waals surface area contributed by atoms with Gasteiger partial charge in [0.15, 0.2) is 0 Å². The van der Waals surface area contributed by atoms with Crippen molar-refractivity contribution < 1.29 is 19.2 Å². The number of carbonyl (C=O) groups excluding carboxylic acids is 2. The lowest BCUT2D eigenvalue weighted by Gasteiger charge is -2.22. The number of anilines is 1. The number of imide groups is 1. The fraction of sp³-hybridized carbons (Fsp3) is 0.273. The molecule has 0 spiro atoms. The molecule has 0 atom stereocenters. The standard InChI is InChI=1S/C22H23N3O5S/c1-4-23(5-2)17-10-9-16(19(13-17)30-3)12-20-21(26)24(22(27)31-20)14-15-7-6-8-18(11-15)25(28)29/h6-13H,4-5,14H2,1-3H3. The number of hydrogen-bond donors (Lipinski definition) is 0. The van der Waals surface area contributed by atoms with E-state index < -0.39 is 16.1 Å². The van der Waals surface area contributed by atoms with Crippen LogP contribution >= 0.6 is 11.8 Å². The molecule has 1 saturated heterocycles. The van der Waals surface area contributed by atoms with Crippen LogP contribution in [0.25, 0.3) is 6.08 Å². The van der Waals surface area contributed by atoms with Gasteiger partial charge in [-0.1, -0.05) is 12.1 Å². The highest BCUT2D eigenvalue weighted by Crippen LogP contribution is 2.36. The molecule has 0 unspecified atom stereocenters. The van der Waals surface area contributed by atoms with Crippen molar-refractivity contribution in [3.63, 3.8) is 0 Å². The maximum Gasteiger partial charge on any atom is 0.293 e. The van der Waals surface area contributed by atoms with Gasteiger partial charge in [0, 0.05) is 42.5 Å². The number of methoxy groups -OCH3 is 1. The van der Waals surface area contributed by atoms with Crippen LogP contribution in [0.1, 0.15) is 25.0 Å². The number of carbonyl (C=O) groups is 2. The first kappa shape index (κ1) is 22.4. The van der Waals surface area contributed by atoms with Gasteiger partial charge in [0.2, 0.25) is 0 Å². The Morgan fingerprint density at radius 3 is 2.55 bits per heavy atom. The molecule has 0 N–H and O–H groups in total. The molecule has 1 aliphatic heterocycles. The fourth-order valence-electron chi connectivity index (χ4n) is 3.33. The Morgan fingerprint density at radius 1 is 1.16 bits per heavy atom. The minimum Gasteiger partial charge on any atom is -0.496 e. The topological polar surface area (TPSA) is 93.0 Å². The molecule has 0 bridgehead atoms. The largest absolute Gasteiger partial charge is 0.496 e. The van der Waals surface area contributed by atoms with E-state index in [1.54, 1.807) is 19.3 Å². The van der Waals surface area contributed by atoms with Gasteiger partial charge in [0.1, 0.15) is 5.75 Å². The molecule has 0 radical (unpaired) electrons. The molecule has 162 valence electrons. The molecule has 2 aromatic rings. The van der Waals surface area contributed by atoms with Crippen LogP contribution in [0.5, 0.6) is 5.75 Å². The molecular formula is C22H23N3O5S. The van der Waals surface area contributed by atoms with Gasteiger partial charge in [0.25, 0.3) is 16.8 Å². The summed E-state index contributed by atoms with van der Waals surface area (Å²) in [5.74, 6) is 0.172. The average Bonchev–Trinajstić information content (AvgIpc) is 3.03. The first-order valence-corrected chi connectivity index (χ1v) is 10.6. The monoisotopic (exact) mass is 441 g/mol. The zero-order valence-electron chi connectivity index (χ0n) is 17.5. The third-order valence-corrected chi connectivity index (χ3v) is 5.88. The van der Waals surface area contributed by atoms with Crippen molar-refractivity contribution in [2.24, 2.45) is 0 Å². The van der Waals surface area contributed by atoms with Crippen LogP contribution in [0.15, 0.2) is 47.4 Å². The Labute approximate surface area is 184 Å². The predicted molar refractivity (Wildman–Crippen MR) is 121 cm³/mol. The quantitative estimate of drug-likeness (QED) is 0.333. The second-order valence-corrected chi connectivity index (χ2v) is 7.79. The van der Waals surface area contributed by atoms with Crippen molar-refractivity contribution in [1.82, 2.24) is 4.90 Å². The lowest BCUT2D eigenvalue weighted by molar-refractivity contribution is -0.384. The minimum absolute atomic E-state index is 0.0261. The highest BCUT2D eigenvalue weighted by atomic mass is 32.2. The van der Waals surface area contributed by atoms with Crippen LogP contribution in [0.3, 0.4) is 0 Å². The SMILES string of the molecule is CCN(CC)c1ccc(C=C2SC(=O)N(Cc3cccc([N+](=O)[O-])c3)C2=O)c(OC)c1. The molecule has 2 aromatic carbocycles. The molecule has 0 aromatic heterocycles. The number of nitrogens with zero attached hydrogens (tertiary/aromatic N) is 3. The van der Waals surface area contributed by atoms with Crippen molar-refractivity contribution >= 4 is 40.4 Å². The number of benzene rings is 2. The van der Waals surface area contributed by atoms with Gasteiger partial charge in [-0.3, -0.25) is 24.6 Å². The number of nitro benzene ring substituents is 1. The third-order valence-electron chi connectivity index (χ3n) is 4.97. The smallest absolute Gasteiger partial charge is 0.293 e. The summed E-state index contributed by atoms with van der Waals surface area (Å²) in [6.45, 7) is 5.83. The number of rotatable bonds is 8. The van der Waals surface area contributed by atoms with Gasteiger partial charge in [-0.05, 0) is 49.4 Å². The molecule has 31 heavy (non-hydrogen) atoms. The van der Waals surface area contributed by atoms with Gasteiger partial charge in [-0.15, -0.1) is 0 Å². The van der Waals surface area contributed by atoms with Crippen LogP contribution in [-0.4, -0.2) is 41.2 Å². The first-order valence-electron chi connectivity index (χ1n) is 9.79. The summed E-state index contributed by atoms with van der Waals surface area (Å²) in [6, 6.07) is 11.6. The van der Waals surface area contributed by atoms with Crippen molar-refractivity contribution in [1.29, 1.82) is 0 Å². The molecule has 1 fully saturated rings. The number of amides is 2. The highest BCUT2D eigenvalue weighted by Gasteiger charge is 2.35. The Kier molecular flexibility index (Phi) is 6.96. The van der Waals surface area contributed by atoms with E-state index >= 15 is 0 Å². The highest BCUT2D eigenvalue weighted by molar-refractivity contribution is 8.18. The van der Waals surface area contributed by atoms with Crippen LogP contribution in [0.4, 0.5) is 16.2 Å². The maximum atomic E-state index is 12.8. The molecule has 9 heteroatoms. The second kappa shape index (κ2) is 9.65. The van der Waals surface area contributed by atoms with Crippen LogP contribution in [0.2, 0.25) is 0 Å². The van der Waals surface area contributed by atoms with E-state index in [0.29, 0.717) is 16.9 Å². The normalized spacial score (nSPS) is 14.9. The van der Waals surface area contributed by atoms with Gasteiger partial charge >= 0.3 is 0 Å². The summed E-state index contributed by atoms with van der Waals surface area (Å²) in [7, 11) is 1.56.